The van der Waals surface area contributed by atoms with Crippen LogP contribution in [-0.2, 0) is 4.79 Å². The number of quaternary nitrogens is 1. The number of ether oxygens (including phenoxy) is 1. The largest absolute Gasteiger partial charge is 0.484 e. The first-order chi connectivity index (χ1) is 14.0. The van der Waals surface area contributed by atoms with Gasteiger partial charge in [-0.15, -0.1) is 0 Å². The maximum absolute atomic E-state index is 12.1. The highest BCUT2D eigenvalue weighted by molar-refractivity contribution is 6.33. The molecule has 1 amide bonds. The summed E-state index contributed by atoms with van der Waals surface area (Å²) in [4.78, 5) is 26.1. The van der Waals surface area contributed by atoms with E-state index in [1.165, 1.54) is 24.3 Å². The molecular formula is C20H24ClN4O4+. The molecule has 3 rings (SSSR count). The molecule has 1 aliphatic heterocycles. The monoisotopic (exact) mass is 419 g/mol. The van der Waals surface area contributed by atoms with E-state index < -0.39 is 4.92 Å². The molecule has 0 unspecified atom stereocenters. The number of nitrogens with one attached hydrogen (secondary N) is 2. The number of halogens is 1. The maximum atomic E-state index is 12.1. The van der Waals surface area contributed by atoms with Gasteiger partial charge in [-0.3, -0.25) is 14.9 Å². The Morgan fingerprint density at radius 1 is 1.24 bits per heavy atom. The average molecular weight is 420 g/mol. The molecule has 154 valence electrons. The Morgan fingerprint density at radius 3 is 2.52 bits per heavy atom. The highest BCUT2D eigenvalue weighted by Gasteiger charge is 2.20. The Balaban J connectivity index is 1.52. The second kappa shape index (κ2) is 9.58. The van der Waals surface area contributed by atoms with E-state index in [9.17, 15) is 14.9 Å². The van der Waals surface area contributed by atoms with Gasteiger partial charge in [0.25, 0.3) is 11.6 Å². The van der Waals surface area contributed by atoms with Crippen LogP contribution in [0, 0.1) is 10.1 Å². The quantitative estimate of drug-likeness (QED) is 0.529. The zero-order valence-electron chi connectivity index (χ0n) is 16.2. The number of nitro groups is 1. The van der Waals surface area contributed by atoms with Gasteiger partial charge in [-0.25, -0.2) is 0 Å². The number of nitrogens with zero attached hydrogens (tertiary/aromatic N) is 2. The smallest absolute Gasteiger partial charge is 0.269 e. The maximum Gasteiger partial charge on any atom is 0.269 e. The van der Waals surface area contributed by atoms with Crippen molar-refractivity contribution in [1.82, 2.24) is 0 Å². The van der Waals surface area contributed by atoms with E-state index in [4.69, 9.17) is 16.3 Å². The number of rotatable bonds is 7. The van der Waals surface area contributed by atoms with E-state index in [0.717, 1.165) is 38.4 Å². The third-order valence-electron chi connectivity index (χ3n) is 4.96. The molecule has 0 aliphatic carbocycles. The van der Waals surface area contributed by atoms with Crippen LogP contribution >= 0.6 is 11.6 Å². The van der Waals surface area contributed by atoms with Crippen molar-refractivity contribution in [3.8, 4) is 5.75 Å². The predicted octanol–water partition coefficient (Wildman–Crippen LogP) is 1.99. The number of piperazine rings is 1. The number of hydrogen-bond acceptors (Lipinski definition) is 5. The molecule has 8 nitrogen and oxygen atoms in total. The van der Waals surface area contributed by atoms with Crippen molar-refractivity contribution < 1.29 is 19.4 Å². The van der Waals surface area contributed by atoms with Crippen LogP contribution in [0.5, 0.6) is 5.75 Å². The van der Waals surface area contributed by atoms with Gasteiger partial charge in [0.1, 0.15) is 5.75 Å². The Labute approximate surface area is 174 Å². The average Bonchev–Trinajstić information content (AvgIpc) is 2.73. The topological polar surface area (TPSA) is 89.2 Å². The molecule has 1 saturated heterocycles. The summed E-state index contributed by atoms with van der Waals surface area (Å²) in [6.07, 6.45) is 0. The normalized spacial score (nSPS) is 14.5. The molecule has 1 fully saturated rings. The molecule has 1 aliphatic rings. The number of carbonyl (C=O) groups excluding carboxylic acids is 1. The van der Waals surface area contributed by atoms with E-state index in [1.807, 2.05) is 12.1 Å². The van der Waals surface area contributed by atoms with Gasteiger partial charge < -0.3 is 19.9 Å². The lowest BCUT2D eigenvalue weighted by molar-refractivity contribution is -0.898. The summed E-state index contributed by atoms with van der Waals surface area (Å²) in [5.41, 5.74) is 1.53. The van der Waals surface area contributed by atoms with Crippen molar-refractivity contribution in [2.24, 2.45) is 0 Å². The lowest BCUT2D eigenvalue weighted by Crippen LogP contribution is -3.14. The summed E-state index contributed by atoms with van der Waals surface area (Å²) in [6.45, 7) is 7.21. The van der Waals surface area contributed by atoms with Crippen molar-refractivity contribution in [3.05, 3.63) is 57.6 Å². The van der Waals surface area contributed by atoms with Gasteiger partial charge >= 0.3 is 0 Å². The van der Waals surface area contributed by atoms with Gasteiger partial charge in [0, 0.05) is 17.8 Å². The summed E-state index contributed by atoms with van der Waals surface area (Å²) in [5, 5.41) is 14.0. The van der Waals surface area contributed by atoms with Crippen molar-refractivity contribution in [2.75, 3.05) is 49.5 Å². The molecule has 0 bridgehead atoms. The van der Waals surface area contributed by atoms with Crippen molar-refractivity contribution >= 4 is 34.6 Å². The van der Waals surface area contributed by atoms with E-state index >= 15 is 0 Å². The number of likely N-dealkylation sites (N-methyl/N-ethyl adjacent to an activating group) is 1. The number of anilines is 2. The molecule has 29 heavy (non-hydrogen) atoms. The summed E-state index contributed by atoms with van der Waals surface area (Å²) in [6, 6.07) is 11.0. The van der Waals surface area contributed by atoms with Crippen LogP contribution in [0.4, 0.5) is 17.1 Å². The highest BCUT2D eigenvalue weighted by atomic mass is 35.5. The fourth-order valence-electron chi connectivity index (χ4n) is 3.27. The Kier molecular flexibility index (Phi) is 6.90. The molecule has 0 radical (unpaired) electrons. The lowest BCUT2D eigenvalue weighted by atomic mass is 10.2. The molecule has 0 saturated carbocycles. The third kappa shape index (κ3) is 5.58. The first kappa shape index (κ1) is 20.9. The SMILES string of the molecule is CC[NH+]1CCN(c2ccc(NC(=O)COc3ccc([N+](=O)[O-])cc3)cc2Cl)CC1. The van der Waals surface area contributed by atoms with Crippen molar-refractivity contribution in [2.45, 2.75) is 6.92 Å². The van der Waals surface area contributed by atoms with Crippen molar-refractivity contribution in [3.63, 3.8) is 0 Å². The van der Waals surface area contributed by atoms with Crippen LogP contribution in [0.2, 0.25) is 5.02 Å². The Bertz CT molecular complexity index is 867. The molecular weight excluding hydrogens is 396 g/mol. The summed E-state index contributed by atoms with van der Waals surface area (Å²) < 4.78 is 5.37. The van der Waals surface area contributed by atoms with E-state index in [1.54, 1.807) is 11.0 Å². The van der Waals surface area contributed by atoms with Gasteiger partial charge in [0.05, 0.1) is 48.4 Å². The van der Waals surface area contributed by atoms with Gasteiger partial charge in [0.2, 0.25) is 0 Å². The molecule has 1 heterocycles. The number of non-ortho nitro benzene ring substituents is 1. The first-order valence-corrected chi connectivity index (χ1v) is 9.89. The third-order valence-corrected chi connectivity index (χ3v) is 5.26. The zero-order valence-corrected chi connectivity index (χ0v) is 16.9. The standard InChI is InChI=1S/C20H23ClN4O4/c1-2-23-9-11-24(12-10-23)19-8-3-15(13-18(19)21)22-20(26)14-29-17-6-4-16(5-7-17)25(27)28/h3-8,13H,2,9-12,14H2,1H3,(H,22,26)/p+1. The second-order valence-electron chi connectivity index (χ2n) is 6.84. The van der Waals surface area contributed by atoms with Crippen LogP contribution in [0.25, 0.3) is 0 Å². The van der Waals surface area contributed by atoms with Crippen LogP contribution < -0.4 is 19.9 Å². The number of carbonyl (C=O) groups is 1. The lowest BCUT2D eigenvalue weighted by Gasteiger charge is -2.33. The molecule has 0 atom stereocenters. The van der Waals surface area contributed by atoms with Crippen LogP contribution in [0.1, 0.15) is 6.92 Å². The minimum absolute atomic E-state index is 0.0333. The number of amides is 1. The minimum atomic E-state index is -0.491. The van der Waals surface area contributed by atoms with E-state index in [0.29, 0.717) is 16.5 Å². The number of hydrogen-bond donors (Lipinski definition) is 2. The van der Waals surface area contributed by atoms with E-state index in [-0.39, 0.29) is 18.2 Å². The molecule has 2 aromatic rings. The summed E-state index contributed by atoms with van der Waals surface area (Å²) in [5.74, 6) is 0.0415. The number of nitro benzene ring substituents is 1. The van der Waals surface area contributed by atoms with Crippen LogP contribution in [-0.4, -0.2) is 50.2 Å². The van der Waals surface area contributed by atoms with Gasteiger partial charge in [-0.05, 0) is 37.3 Å². The molecule has 0 aromatic heterocycles. The predicted molar refractivity (Wildman–Crippen MR) is 112 cm³/mol. The first-order valence-electron chi connectivity index (χ1n) is 9.51. The minimum Gasteiger partial charge on any atom is -0.484 e. The van der Waals surface area contributed by atoms with E-state index in [2.05, 4.69) is 17.1 Å². The summed E-state index contributed by atoms with van der Waals surface area (Å²) in [7, 11) is 0. The molecule has 0 spiro atoms. The van der Waals surface area contributed by atoms with Gasteiger partial charge in [-0.1, -0.05) is 11.6 Å². The molecule has 2 N–H and O–H groups in total. The number of benzene rings is 2. The zero-order chi connectivity index (χ0) is 20.8. The van der Waals surface area contributed by atoms with Gasteiger partial charge in [0.15, 0.2) is 6.61 Å². The van der Waals surface area contributed by atoms with Gasteiger partial charge in [-0.2, -0.15) is 0 Å². The highest BCUT2D eigenvalue weighted by Crippen LogP contribution is 2.29. The molecule has 2 aromatic carbocycles. The van der Waals surface area contributed by atoms with Crippen LogP contribution in [0.3, 0.4) is 0 Å². The fraction of sp³-hybridized carbons (Fsp3) is 0.350. The molecule has 9 heteroatoms. The Morgan fingerprint density at radius 2 is 1.93 bits per heavy atom. The fourth-order valence-corrected chi connectivity index (χ4v) is 3.57. The second-order valence-corrected chi connectivity index (χ2v) is 7.25. The summed E-state index contributed by atoms with van der Waals surface area (Å²) >= 11 is 6.44. The van der Waals surface area contributed by atoms with Crippen LogP contribution in [0.15, 0.2) is 42.5 Å². The Hall–Kier alpha value is -2.84. The van der Waals surface area contributed by atoms with Crippen molar-refractivity contribution in [1.29, 1.82) is 0 Å².